The van der Waals surface area contributed by atoms with Crippen LogP contribution in [0, 0.1) is 0 Å². The number of amides is 1. The van der Waals surface area contributed by atoms with E-state index in [4.69, 9.17) is 21.1 Å². The summed E-state index contributed by atoms with van der Waals surface area (Å²) in [5.74, 6) is 1.31. The molecule has 0 aliphatic carbocycles. The van der Waals surface area contributed by atoms with Crippen LogP contribution in [0.1, 0.15) is 38.1 Å². The average Bonchev–Trinajstić information content (AvgIpc) is 3.09. The maximum absolute atomic E-state index is 12.5. The Morgan fingerprint density at radius 1 is 1.29 bits per heavy atom. The van der Waals surface area contributed by atoms with Crippen molar-refractivity contribution in [2.75, 3.05) is 25.2 Å². The van der Waals surface area contributed by atoms with Crippen LogP contribution in [0.25, 0.3) is 0 Å². The van der Waals surface area contributed by atoms with Crippen molar-refractivity contribution in [3.63, 3.8) is 0 Å². The van der Waals surface area contributed by atoms with E-state index in [1.807, 2.05) is 50.2 Å². The minimum Gasteiger partial charge on any atom is -0.497 e. The first kappa shape index (κ1) is 25.6. The minimum absolute atomic E-state index is 0. The fourth-order valence-electron chi connectivity index (χ4n) is 3.26. The number of benzene rings is 2. The van der Waals surface area contributed by atoms with E-state index in [0.29, 0.717) is 36.1 Å². The van der Waals surface area contributed by atoms with Gasteiger partial charge in [-0.15, -0.1) is 12.4 Å². The predicted molar refractivity (Wildman–Crippen MR) is 127 cm³/mol. The molecule has 3 rings (SSSR count). The summed E-state index contributed by atoms with van der Waals surface area (Å²) in [6, 6.07) is 11.2. The zero-order valence-electron chi connectivity index (χ0n) is 18.0. The van der Waals surface area contributed by atoms with E-state index in [-0.39, 0.29) is 29.7 Å². The quantitative estimate of drug-likeness (QED) is 0.375. The van der Waals surface area contributed by atoms with E-state index in [1.54, 1.807) is 30.7 Å². The first-order valence-electron chi connectivity index (χ1n) is 9.84. The molecule has 1 N–H and O–H groups in total. The second-order valence-corrected chi connectivity index (χ2v) is 8.89. The number of thioether (sulfide) groups is 1. The first-order chi connectivity index (χ1) is 14.3. The van der Waals surface area contributed by atoms with Crippen LogP contribution in [0.15, 0.2) is 41.3 Å². The molecule has 6 nitrogen and oxygen atoms in total. The predicted octanol–water partition coefficient (Wildman–Crippen LogP) is 5.80. The molecule has 0 spiro atoms. The van der Waals surface area contributed by atoms with Gasteiger partial charge in [-0.2, -0.15) is 5.06 Å². The summed E-state index contributed by atoms with van der Waals surface area (Å²) in [5, 5.41) is 11.4. The standard InChI is InChI=1S/C22H27ClN2O4S.ClH/c1-14(2)24(27)10-5-11-29-20-8-7-17(28-4)13-18(20)22-25(15(3)26)19-12-16(23)6-9-21(19)30-22;/h6-9,12-14,22,27H,5,10-11H2,1-4H3;1H. The molecule has 1 aliphatic rings. The van der Waals surface area contributed by atoms with E-state index in [1.165, 1.54) is 5.06 Å². The van der Waals surface area contributed by atoms with Crippen molar-refractivity contribution in [3.8, 4) is 11.5 Å². The molecule has 0 bridgehead atoms. The van der Waals surface area contributed by atoms with Crippen molar-refractivity contribution in [2.24, 2.45) is 0 Å². The average molecular weight is 487 g/mol. The van der Waals surface area contributed by atoms with Gasteiger partial charge in [-0.3, -0.25) is 9.69 Å². The molecule has 2 aromatic carbocycles. The Labute approximate surface area is 198 Å². The van der Waals surface area contributed by atoms with E-state index in [9.17, 15) is 10.0 Å². The number of hydroxylamine groups is 2. The van der Waals surface area contributed by atoms with Crippen LogP contribution in [0.3, 0.4) is 0 Å². The molecule has 0 saturated carbocycles. The minimum atomic E-state index is -0.286. The molecule has 1 atom stereocenters. The number of carbonyl (C=O) groups excluding carboxylic acids is 1. The number of nitrogens with zero attached hydrogens (tertiary/aromatic N) is 2. The summed E-state index contributed by atoms with van der Waals surface area (Å²) in [4.78, 5) is 15.3. The number of fused-ring (bicyclic) bond motifs is 1. The Kier molecular flexibility index (Phi) is 9.33. The lowest BCUT2D eigenvalue weighted by Crippen LogP contribution is -2.29. The van der Waals surface area contributed by atoms with Gasteiger partial charge in [0.05, 0.1) is 19.4 Å². The largest absolute Gasteiger partial charge is 0.497 e. The molecule has 1 unspecified atom stereocenters. The summed E-state index contributed by atoms with van der Waals surface area (Å²) < 4.78 is 11.5. The number of hydrogen-bond donors (Lipinski definition) is 1. The summed E-state index contributed by atoms with van der Waals surface area (Å²) in [6.07, 6.45) is 0.671. The third-order valence-corrected chi connectivity index (χ3v) is 6.38. The molecule has 170 valence electrons. The van der Waals surface area contributed by atoms with E-state index >= 15 is 0 Å². The van der Waals surface area contributed by atoms with Gasteiger partial charge < -0.3 is 14.7 Å². The third kappa shape index (κ3) is 5.99. The topological polar surface area (TPSA) is 62.2 Å². The van der Waals surface area contributed by atoms with Gasteiger partial charge in [0.2, 0.25) is 5.91 Å². The lowest BCUT2D eigenvalue weighted by atomic mass is 10.1. The van der Waals surface area contributed by atoms with Gasteiger partial charge in [-0.25, -0.2) is 0 Å². The molecule has 1 aliphatic heterocycles. The Morgan fingerprint density at radius 2 is 2.03 bits per heavy atom. The molecule has 0 aromatic heterocycles. The third-order valence-electron chi connectivity index (χ3n) is 4.86. The van der Waals surface area contributed by atoms with Crippen LogP contribution in [-0.2, 0) is 4.79 Å². The molecular weight excluding hydrogens is 459 g/mol. The van der Waals surface area contributed by atoms with Crippen LogP contribution < -0.4 is 14.4 Å². The molecule has 0 saturated heterocycles. The molecule has 31 heavy (non-hydrogen) atoms. The maximum atomic E-state index is 12.5. The highest BCUT2D eigenvalue weighted by molar-refractivity contribution is 8.00. The van der Waals surface area contributed by atoms with Crippen molar-refractivity contribution >= 4 is 47.4 Å². The lowest BCUT2D eigenvalue weighted by Gasteiger charge is -2.26. The monoisotopic (exact) mass is 486 g/mol. The second kappa shape index (κ2) is 11.3. The van der Waals surface area contributed by atoms with Crippen LogP contribution in [0.4, 0.5) is 5.69 Å². The van der Waals surface area contributed by atoms with Gasteiger partial charge in [0, 0.05) is 35.0 Å². The van der Waals surface area contributed by atoms with Crippen molar-refractivity contribution < 1.29 is 19.5 Å². The van der Waals surface area contributed by atoms with E-state index < -0.39 is 0 Å². The molecule has 2 aromatic rings. The first-order valence-corrected chi connectivity index (χ1v) is 11.1. The zero-order valence-corrected chi connectivity index (χ0v) is 20.4. The Bertz CT molecular complexity index is 913. The van der Waals surface area contributed by atoms with Crippen LogP contribution in [-0.4, -0.2) is 42.5 Å². The Balaban J connectivity index is 0.00000341. The number of ether oxygens (including phenoxy) is 2. The van der Waals surface area contributed by atoms with Crippen LogP contribution in [0.2, 0.25) is 5.02 Å². The normalized spacial score (nSPS) is 15.1. The van der Waals surface area contributed by atoms with Gasteiger partial charge >= 0.3 is 0 Å². The van der Waals surface area contributed by atoms with Crippen LogP contribution in [0.5, 0.6) is 11.5 Å². The van der Waals surface area contributed by atoms with Gasteiger partial charge in [0.15, 0.2) is 0 Å². The van der Waals surface area contributed by atoms with Crippen molar-refractivity contribution in [1.29, 1.82) is 0 Å². The zero-order chi connectivity index (χ0) is 21.8. The molecular formula is C22H28Cl2N2O4S. The maximum Gasteiger partial charge on any atom is 0.225 e. The fourth-order valence-corrected chi connectivity index (χ4v) is 4.77. The van der Waals surface area contributed by atoms with Gasteiger partial charge in [-0.1, -0.05) is 23.4 Å². The smallest absolute Gasteiger partial charge is 0.225 e. The summed E-state index contributed by atoms with van der Waals surface area (Å²) in [6.45, 7) is 6.37. The van der Waals surface area contributed by atoms with Crippen molar-refractivity contribution in [3.05, 3.63) is 47.0 Å². The highest BCUT2D eigenvalue weighted by Crippen LogP contribution is 2.54. The molecule has 0 fully saturated rings. The molecule has 1 heterocycles. The SMILES string of the molecule is COc1ccc(OCCCN(O)C(C)C)c(C2Sc3ccc(Cl)cc3N2C(C)=O)c1.Cl. The summed E-state index contributed by atoms with van der Waals surface area (Å²) in [7, 11) is 1.61. The number of carbonyl (C=O) groups is 1. The fraction of sp³-hybridized carbons (Fsp3) is 0.409. The number of halogens is 2. The second-order valence-electron chi connectivity index (χ2n) is 7.33. The Hall–Kier alpha value is -1.64. The highest BCUT2D eigenvalue weighted by Gasteiger charge is 2.36. The van der Waals surface area contributed by atoms with E-state index in [2.05, 4.69) is 0 Å². The van der Waals surface area contributed by atoms with Crippen LogP contribution >= 0.6 is 35.8 Å². The number of hydrogen-bond acceptors (Lipinski definition) is 6. The Morgan fingerprint density at radius 3 is 2.68 bits per heavy atom. The molecule has 9 heteroatoms. The number of anilines is 1. The van der Waals surface area contributed by atoms with Crippen molar-refractivity contribution in [2.45, 2.75) is 43.5 Å². The van der Waals surface area contributed by atoms with Gasteiger partial charge in [0.25, 0.3) is 0 Å². The number of methoxy groups -OCH3 is 1. The summed E-state index contributed by atoms with van der Waals surface area (Å²) >= 11 is 7.76. The van der Waals surface area contributed by atoms with Crippen molar-refractivity contribution in [1.82, 2.24) is 5.06 Å². The molecule has 1 amide bonds. The summed E-state index contributed by atoms with van der Waals surface area (Å²) in [5.41, 5.74) is 1.65. The van der Waals surface area contributed by atoms with Gasteiger partial charge in [0.1, 0.15) is 16.9 Å². The van der Waals surface area contributed by atoms with E-state index in [0.717, 1.165) is 16.1 Å². The number of rotatable bonds is 8. The van der Waals surface area contributed by atoms with Gasteiger partial charge in [-0.05, 0) is 56.7 Å². The lowest BCUT2D eigenvalue weighted by molar-refractivity contribution is -0.118. The molecule has 0 radical (unpaired) electrons. The highest BCUT2D eigenvalue weighted by atomic mass is 35.5.